The van der Waals surface area contributed by atoms with Gasteiger partial charge in [0.25, 0.3) is 0 Å². The molecule has 0 radical (unpaired) electrons. The molecule has 3 unspecified atom stereocenters. The molecule has 0 spiro atoms. The zero-order valence-corrected chi connectivity index (χ0v) is 38.5. The minimum atomic E-state index is -1.17. The smallest absolute Gasteiger partial charge is 0.309 e. The Morgan fingerprint density at radius 1 is 0.948 bits per heavy atom. The third kappa shape index (κ3) is 7.42. The first kappa shape index (κ1) is 45.2. The van der Waals surface area contributed by atoms with Gasteiger partial charge >= 0.3 is 11.9 Å². The second-order valence-corrected chi connectivity index (χ2v) is 22.4. The molecule has 0 amide bonds. The van der Waals surface area contributed by atoms with Crippen LogP contribution >= 0.6 is 11.6 Å². The van der Waals surface area contributed by atoms with Crippen molar-refractivity contribution in [3.63, 3.8) is 0 Å². The SMILES string of the molecule is CC(C)C1=C2C3CC[C@@H]4[C@@]5(C)CC[C@H](OC(=O)CC(C)(C)C(=O)O)C(C)(C)[C@@H]5CC[C@@]4(C)[C@]3(C)CCC2(C(O)CN(CCN(C)C)[C@@H](C)c2ccc(Cl)cn2)CC1=O. The highest BCUT2D eigenvalue weighted by Crippen LogP contribution is 2.77. The number of hydrogen-bond donors (Lipinski definition) is 2. The number of Topliss-reactive ketones (excluding diaryl/α,β-unsaturated/α-hetero) is 1. The van der Waals surface area contributed by atoms with E-state index in [-0.39, 0.29) is 57.8 Å². The van der Waals surface area contributed by atoms with E-state index in [2.05, 4.69) is 84.3 Å². The van der Waals surface area contributed by atoms with Crippen molar-refractivity contribution in [3.8, 4) is 0 Å². The molecule has 4 saturated carbocycles. The van der Waals surface area contributed by atoms with E-state index >= 15 is 0 Å². The second-order valence-electron chi connectivity index (χ2n) is 21.9. The molecule has 324 valence electrons. The van der Waals surface area contributed by atoms with Gasteiger partial charge in [0, 0.05) is 49.1 Å². The van der Waals surface area contributed by atoms with Gasteiger partial charge in [0.2, 0.25) is 0 Å². The number of carboxylic acid groups (broad SMARTS) is 1. The van der Waals surface area contributed by atoms with E-state index < -0.39 is 28.9 Å². The number of ketones is 1. The highest BCUT2D eigenvalue weighted by atomic mass is 35.5. The van der Waals surface area contributed by atoms with E-state index in [4.69, 9.17) is 16.3 Å². The zero-order chi connectivity index (χ0) is 43.0. The number of halogens is 1. The van der Waals surface area contributed by atoms with Crippen molar-refractivity contribution < 1.29 is 29.3 Å². The number of likely N-dealkylation sites (N-methyl/N-ethyl adjacent to an activating group) is 1. The van der Waals surface area contributed by atoms with Gasteiger partial charge in [-0.15, -0.1) is 0 Å². The number of nitrogens with zero attached hydrogens (tertiary/aromatic N) is 3. The predicted octanol–water partition coefficient (Wildman–Crippen LogP) is 9.41. The molecule has 58 heavy (non-hydrogen) atoms. The quantitative estimate of drug-likeness (QED) is 0.188. The van der Waals surface area contributed by atoms with E-state index in [9.17, 15) is 24.6 Å². The average Bonchev–Trinajstić information content (AvgIpc) is 3.44. The summed E-state index contributed by atoms with van der Waals surface area (Å²) in [6.07, 6.45) is 8.66. The van der Waals surface area contributed by atoms with Crippen LogP contribution in [0.2, 0.25) is 5.02 Å². The maximum absolute atomic E-state index is 14.4. The van der Waals surface area contributed by atoms with Gasteiger partial charge in [-0.3, -0.25) is 24.3 Å². The highest BCUT2D eigenvalue weighted by Gasteiger charge is 2.71. The molecule has 6 rings (SSSR count). The second kappa shape index (κ2) is 15.9. The molecular weight excluding hydrogens is 750 g/mol. The fraction of sp³-hybridized carbons (Fsp3) is 0.792. The molecule has 0 bridgehead atoms. The Hall–Kier alpha value is -2.33. The molecule has 0 saturated heterocycles. The molecule has 10 atom stereocenters. The summed E-state index contributed by atoms with van der Waals surface area (Å²) in [7, 11) is 4.15. The van der Waals surface area contributed by atoms with Crippen molar-refractivity contribution in [3.05, 3.63) is 40.2 Å². The van der Waals surface area contributed by atoms with Crippen LogP contribution in [0.4, 0.5) is 0 Å². The van der Waals surface area contributed by atoms with Crippen molar-refractivity contribution in [2.75, 3.05) is 33.7 Å². The number of aliphatic hydroxyl groups is 1. The molecule has 10 heteroatoms. The topological polar surface area (TPSA) is 120 Å². The van der Waals surface area contributed by atoms with E-state index in [1.807, 2.05) is 12.1 Å². The third-order valence-corrected chi connectivity index (χ3v) is 17.7. The van der Waals surface area contributed by atoms with Crippen LogP contribution in [0, 0.1) is 56.2 Å². The van der Waals surface area contributed by atoms with Gasteiger partial charge in [-0.25, -0.2) is 0 Å². The number of fused-ring (bicyclic) bond motifs is 7. The van der Waals surface area contributed by atoms with Gasteiger partial charge in [-0.2, -0.15) is 0 Å². The van der Waals surface area contributed by atoms with Gasteiger partial charge in [-0.05, 0) is 144 Å². The van der Waals surface area contributed by atoms with Gasteiger partial charge in [0.05, 0.1) is 28.7 Å². The first-order valence-corrected chi connectivity index (χ1v) is 22.6. The van der Waals surface area contributed by atoms with Crippen LogP contribution in [0.15, 0.2) is 29.5 Å². The number of carbonyl (C=O) groups excluding carboxylic acids is 2. The molecule has 5 aliphatic rings. The fourth-order valence-corrected chi connectivity index (χ4v) is 14.0. The summed E-state index contributed by atoms with van der Waals surface area (Å²) in [6, 6.07) is 3.81. The molecule has 1 heterocycles. The third-order valence-electron chi connectivity index (χ3n) is 17.5. The summed E-state index contributed by atoms with van der Waals surface area (Å²) in [6.45, 7) is 23.9. The lowest BCUT2D eigenvalue weighted by Gasteiger charge is -2.72. The maximum atomic E-state index is 14.4. The van der Waals surface area contributed by atoms with E-state index in [0.717, 1.165) is 75.7 Å². The number of pyridine rings is 1. The zero-order valence-electron chi connectivity index (χ0n) is 37.7. The minimum Gasteiger partial charge on any atom is -0.481 e. The Morgan fingerprint density at radius 3 is 2.24 bits per heavy atom. The first-order valence-electron chi connectivity index (χ1n) is 22.2. The van der Waals surface area contributed by atoms with E-state index in [0.29, 0.717) is 29.8 Å². The Labute approximate surface area is 354 Å². The number of aliphatic carboxylic acids is 1. The maximum Gasteiger partial charge on any atom is 0.309 e. The van der Waals surface area contributed by atoms with Crippen molar-refractivity contribution in [2.45, 2.75) is 152 Å². The summed E-state index contributed by atoms with van der Waals surface area (Å²) >= 11 is 6.23. The van der Waals surface area contributed by atoms with Crippen LogP contribution in [0.3, 0.4) is 0 Å². The number of allylic oxidation sites excluding steroid dienone is 1. The number of ether oxygens (including phenoxy) is 1. The first-order chi connectivity index (χ1) is 26.9. The molecule has 2 N–H and O–H groups in total. The van der Waals surface area contributed by atoms with E-state index in [1.54, 1.807) is 20.0 Å². The summed E-state index contributed by atoms with van der Waals surface area (Å²) in [5, 5.41) is 23.0. The molecule has 1 aromatic rings. The molecule has 0 aromatic carbocycles. The van der Waals surface area contributed by atoms with Crippen LogP contribution < -0.4 is 0 Å². The standard InChI is InChI=1S/C48H74ClN3O6/c1-29(2)40-34(53)25-48(37(54)28-52(24-23-51(11)12)30(3)33-15-13-31(49)27-50-33)22-21-46(9)32(41(40)48)14-16-36-45(8)19-18-38(58-39(55)26-43(4,5)42(56)57)44(6,7)35(45)17-20-47(36,46)10/h13,15,27,29-30,32,35-38,54H,14,16-26,28H2,1-12H3,(H,56,57)/t30-,32?,35-,36+,37?,38-,45-,46+,47+,48?/m0/s1. The normalized spacial score (nSPS) is 35.6. The number of hydrogen-bond acceptors (Lipinski definition) is 8. The van der Waals surface area contributed by atoms with Gasteiger partial charge in [-0.1, -0.05) is 65.6 Å². The summed E-state index contributed by atoms with van der Waals surface area (Å²) < 4.78 is 6.20. The lowest BCUT2D eigenvalue weighted by molar-refractivity contribution is -0.235. The molecular formula is C48H74ClN3O6. The number of aliphatic hydroxyl groups excluding tert-OH is 1. The van der Waals surface area contributed by atoms with Gasteiger partial charge < -0.3 is 19.8 Å². The van der Waals surface area contributed by atoms with Crippen molar-refractivity contribution >= 4 is 29.3 Å². The fourth-order valence-electron chi connectivity index (χ4n) is 13.9. The Balaban J connectivity index is 1.30. The summed E-state index contributed by atoms with van der Waals surface area (Å²) in [5.74, 6) is -0.0714. The molecule has 0 aliphatic heterocycles. The Morgan fingerprint density at radius 2 is 1.64 bits per heavy atom. The predicted molar refractivity (Wildman–Crippen MR) is 229 cm³/mol. The highest BCUT2D eigenvalue weighted by molar-refractivity contribution is 6.30. The van der Waals surface area contributed by atoms with Gasteiger partial charge in [0.15, 0.2) is 5.78 Å². The van der Waals surface area contributed by atoms with E-state index in [1.165, 1.54) is 5.57 Å². The molecule has 1 aromatic heterocycles. The average molecular weight is 825 g/mol. The van der Waals surface area contributed by atoms with Crippen LogP contribution in [-0.2, 0) is 19.1 Å². The van der Waals surface area contributed by atoms with Crippen LogP contribution in [-0.4, -0.2) is 88.7 Å². The summed E-state index contributed by atoms with van der Waals surface area (Å²) in [5.41, 5.74) is 1.18. The number of aromatic nitrogens is 1. The summed E-state index contributed by atoms with van der Waals surface area (Å²) in [4.78, 5) is 48.5. The monoisotopic (exact) mass is 824 g/mol. The largest absolute Gasteiger partial charge is 0.481 e. The molecule has 4 fully saturated rings. The number of carbonyl (C=O) groups is 3. The van der Waals surface area contributed by atoms with Crippen molar-refractivity contribution in [1.82, 2.24) is 14.8 Å². The number of rotatable bonds is 13. The van der Waals surface area contributed by atoms with Crippen molar-refractivity contribution in [1.29, 1.82) is 0 Å². The van der Waals surface area contributed by atoms with Crippen molar-refractivity contribution in [2.24, 2.45) is 56.2 Å². The lowest BCUT2D eigenvalue weighted by atomic mass is 9.33. The minimum absolute atomic E-state index is 0.0244. The lowest BCUT2D eigenvalue weighted by Crippen LogP contribution is -2.66. The van der Waals surface area contributed by atoms with Gasteiger partial charge in [0.1, 0.15) is 6.10 Å². The molecule has 5 aliphatic carbocycles. The molecule has 9 nitrogen and oxygen atoms in total. The van der Waals surface area contributed by atoms with Crippen LogP contribution in [0.1, 0.15) is 145 Å². The van der Waals surface area contributed by atoms with Crippen LogP contribution in [0.5, 0.6) is 0 Å². The Bertz CT molecular complexity index is 1770. The van der Waals surface area contributed by atoms with Crippen LogP contribution in [0.25, 0.3) is 0 Å². The Kier molecular flexibility index (Phi) is 12.4. The number of esters is 1. The number of carboxylic acids is 1.